The third-order valence-corrected chi connectivity index (χ3v) is 1.62. The van der Waals surface area contributed by atoms with Gasteiger partial charge in [0.1, 0.15) is 0 Å². The van der Waals surface area contributed by atoms with Gasteiger partial charge < -0.3 is 4.74 Å². The highest BCUT2D eigenvalue weighted by molar-refractivity contribution is 5.10. The summed E-state index contributed by atoms with van der Waals surface area (Å²) in [6.45, 7) is 7.30. The fraction of sp³-hybridized carbons (Fsp3) is 0.538. The molecule has 0 radical (unpaired) electrons. The van der Waals surface area contributed by atoms with E-state index in [1.54, 1.807) is 6.26 Å². The van der Waals surface area contributed by atoms with Gasteiger partial charge in [-0.05, 0) is 18.4 Å². The van der Waals surface area contributed by atoms with Crippen LogP contribution in [0.4, 0.5) is 0 Å². The Labute approximate surface area is 88.2 Å². The highest BCUT2D eigenvalue weighted by Crippen LogP contribution is 1.93. The summed E-state index contributed by atoms with van der Waals surface area (Å²) < 4.78 is 5.25. The summed E-state index contributed by atoms with van der Waals surface area (Å²) in [4.78, 5) is 0. The first-order valence-corrected chi connectivity index (χ1v) is 5.39. The maximum Gasteiger partial charge on any atom is 0.0873 e. The van der Waals surface area contributed by atoms with Gasteiger partial charge in [0.15, 0.2) is 0 Å². The molecular weight excluding hydrogens is 172 g/mol. The molecule has 0 amide bonds. The van der Waals surface area contributed by atoms with Crippen LogP contribution in [0.1, 0.15) is 33.6 Å². The van der Waals surface area contributed by atoms with Gasteiger partial charge in [-0.2, -0.15) is 0 Å². The van der Waals surface area contributed by atoms with Crippen LogP contribution in [-0.4, -0.2) is 6.61 Å². The molecule has 0 heterocycles. The Hall–Kier alpha value is -0.980. The lowest BCUT2D eigenvalue weighted by molar-refractivity contribution is 0.244. The van der Waals surface area contributed by atoms with Crippen molar-refractivity contribution in [3.8, 4) is 0 Å². The Morgan fingerprint density at radius 3 is 2.43 bits per heavy atom. The maximum atomic E-state index is 5.25. The molecular formula is C13H22O. The summed E-state index contributed by atoms with van der Waals surface area (Å²) in [6, 6.07) is 0. The van der Waals surface area contributed by atoms with Crippen molar-refractivity contribution in [2.24, 2.45) is 5.92 Å². The maximum absolute atomic E-state index is 5.25. The molecule has 0 atom stereocenters. The van der Waals surface area contributed by atoms with Crippen LogP contribution in [0.25, 0.3) is 0 Å². The summed E-state index contributed by atoms with van der Waals surface area (Å²) in [5.41, 5.74) is 0. The van der Waals surface area contributed by atoms with Crippen LogP contribution in [-0.2, 0) is 4.74 Å². The van der Waals surface area contributed by atoms with Crippen molar-refractivity contribution in [1.82, 2.24) is 0 Å². The molecule has 0 spiro atoms. The summed E-state index contributed by atoms with van der Waals surface area (Å²) >= 11 is 0. The average molecular weight is 194 g/mol. The third-order valence-electron chi connectivity index (χ3n) is 1.62. The van der Waals surface area contributed by atoms with Crippen LogP contribution in [0.2, 0.25) is 0 Å². The molecule has 1 heteroatoms. The zero-order valence-electron chi connectivity index (χ0n) is 9.57. The normalized spacial score (nSPS) is 12.6. The molecule has 0 fully saturated rings. The Balaban J connectivity index is 3.41. The van der Waals surface area contributed by atoms with Crippen molar-refractivity contribution >= 4 is 0 Å². The lowest BCUT2D eigenvalue weighted by Gasteiger charge is -1.95. The van der Waals surface area contributed by atoms with Crippen molar-refractivity contribution in [3.05, 3.63) is 36.6 Å². The number of unbranched alkanes of at least 4 members (excludes halogenated alkanes) is 1. The number of ether oxygens (including phenoxy) is 1. The van der Waals surface area contributed by atoms with Gasteiger partial charge in [0.25, 0.3) is 0 Å². The van der Waals surface area contributed by atoms with E-state index >= 15 is 0 Å². The van der Waals surface area contributed by atoms with Gasteiger partial charge in [-0.25, -0.2) is 0 Å². The molecule has 0 aliphatic rings. The summed E-state index contributed by atoms with van der Waals surface area (Å²) in [5.74, 6) is 0.615. The van der Waals surface area contributed by atoms with Gasteiger partial charge in [-0.3, -0.25) is 0 Å². The van der Waals surface area contributed by atoms with Crippen LogP contribution in [0, 0.1) is 5.92 Å². The largest absolute Gasteiger partial charge is 0.501 e. The molecule has 0 bridgehead atoms. The van der Waals surface area contributed by atoms with Crippen molar-refractivity contribution < 1.29 is 4.74 Å². The zero-order valence-corrected chi connectivity index (χ0v) is 9.57. The van der Waals surface area contributed by atoms with Gasteiger partial charge in [0.2, 0.25) is 0 Å². The van der Waals surface area contributed by atoms with Crippen LogP contribution < -0.4 is 0 Å². The van der Waals surface area contributed by atoms with Gasteiger partial charge in [0, 0.05) is 0 Å². The van der Waals surface area contributed by atoms with E-state index in [1.807, 2.05) is 18.2 Å². The summed E-state index contributed by atoms with van der Waals surface area (Å²) in [7, 11) is 0. The molecule has 0 saturated carbocycles. The molecule has 80 valence electrons. The second-order valence-corrected chi connectivity index (χ2v) is 3.57. The first kappa shape index (κ1) is 13.0. The minimum absolute atomic E-state index is 0.615. The minimum atomic E-state index is 0.615. The van der Waals surface area contributed by atoms with Crippen molar-refractivity contribution in [1.29, 1.82) is 0 Å². The van der Waals surface area contributed by atoms with Gasteiger partial charge in [-0.15, -0.1) is 0 Å². The first-order valence-electron chi connectivity index (χ1n) is 5.39. The molecule has 1 nitrogen and oxygen atoms in total. The van der Waals surface area contributed by atoms with E-state index in [9.17, 15) is 0 Å². The molecule has 0 aliphatic carbocycles. The van der Waals surface area contributed by atoms with Crippen molar-refractivity contribution in [3.63, 3.8) is 0 Å². The van der Waals surface area contributed by atoms with E-state index in [0.717, 1.165) is 13.0 Å². The van der Waals surface area contributed by atoms with Gasteiger partial charge in [0.05, 0.1) is 12.9 Å². The molecule has 0 saturated heterocycles. The van der Waals surface area contributed by atoms with E-state index < -0.39 is 0 Å². The topological polar surface area (TPSA) is 9.23 Å². The Kier molecular flexibility index (Phi) is 9.40. The van der Waals surface area contributed by atoms with Crippen LogP contribution >= 0.6 is 0 Å². The van der Waals surface area contributed by atoms with Crippen LogP contribution in [0.15, 0.2) is 36.6 Å². The SMILES string of the molecule is CCCCO/C=C/C=C\C=C\C(C)C. The zero-order chi connectivity index (χ0) is 10.6. The lowest BCUT2D eigenvalue weighted by Crippen LogP contribution is -1.84. The smallest absolute Gasteiger partial charge is 0.0873 e. The van der Waals surface area contributed by atoms with E-state index in [0.29, 0.717) is 5.92 Å². The first-order chi connectivity index (χ1) is 6.77. The Morgan fingerprint density at radius 2 is 1.79 bits per heavy atom. The number of hydrogen-bond acceptors (Lipinski definition) is 1. The third kappa shape index (κ3) is 11.0. The van der Waals surface area contributed by atoms with Gasteiger partial charge in [-0.1, -0.05) is 51.5 Å². The van der Waals surface area contributed by atoms with Crippen molar-refractivity contribution in [2.45, 2.75) is 33.6 Å². The monoisotopic (exact) mass is 194 g/mol. The molecule has 0 rings (SSSR count). The lowest BCUT2D eigenvalue weighted by atomic mass is 10.2. The number of rotatable bonds is 7. The highest BCUT2D eigenvalue weighted by atomic mass is 16.5. The predicted molar refractivity (Wildman–Crippen MR) is 63.1 cm³/mol. The van der Waals surface area contributed by atoms with Gasteiger partial charge >= 0.3 is 0 Å². The molecule has 0 aromatic carbocycles. The summed E-state index contributed by atoms with van der Waals surface area (Å²) in [6.07, 6.45) is 14.2. The Bertz CT molecular complexity index is 187. The fourth-order valence-electron chi connectivity index (χ4n) is 0.811. The standard InChI is InChI=1S/C13H22O/c1-4-5-11-14-12-9-7-6-8-10-13(2)3/h6-10,12-13H,4-5,11H2,1-3H3/b7-6-,10-8+,12-9+. The van der Waals surface area contributed by atoms with E-state index in [-0.39, 0.29) is 0 Å². The second kappa shape index (κ2) is 10.1. The predicted octanol–water partition coefficient (Wildman–Crippen LogP) is 4.09. The van der Waals surface area contributed by atoms with E-state index in [4.69, 9.17) is 4.74 Å². The number of allylic oxidation sites excluding steroid dienone is 5. The summed E-state index contributed by atoms with van der Waals surface area (Å²) in [5, 5.41) is 0. The Morgan fingerprint density at radius 1 is 1.07 bits per heavy atom. The minimum Gasteiger partial charge on any atom is -0.501 e. The molecule has 0 unspecified atom stereocenters. The second-order valence-electron chi connectivity index (χ2n) is 3.57. The molecule has 0 aliphatic heterocycles. The van der Waals surface area contributed by atoms with E-state index in [1.165, 1.54) is 6.42 Å². The molecule has 0 N–H and O–H groups in total. The molecule has 0 aromatic rings. The van der Waals surface area contributed by atoms with Crippen LogP contribution in [0.3, 0.4) is 0 Å². The average Bonchev–Trinajstić information content (AvgIpc) is 2.15. The van der Waals surface area contributed by atoms with Crippen molar-refractivity contribution in [2.75, 3.05) is 6.61 Å². The quantitative estimate of drug-likeness (QED) is 0.337. The van der Waals surface area contributed by atoms with E-state index in [2.05, 4.69) is 32.9 Å². The highest BCUT2D eigenvalue weighted by Gasteiger charge is 1.79. The molecule has 0 aromatic heterocycles. The fourth-order valence-corrected chi connectivity index (χ4v) is 0.811. The number of hydrogen-bond donors (Lipinski definition) is 0. The van der Waals surface area contributed by atoms with Crippen LogP contribution in [0.5, 0.6) is 0 Å². The molecule has 14 heavy (non-hydrogen) atoms.